The highest BCUT2D eigenvalue weighted by Crippen LogP contribution is 2.06. The minimum absolute atomic E-state index is 0.377. The van der Waals surface area contributed by atoms with E-state index in [-0.39, 0.29) is 0 Å². The average Bonchev–Trinajstić information content (AvgIpc) is 1.79. The lowest BCUT2D eigenvalue weighted by Gasteiger charge is -2.01. The van der Waals surface area contributed by atoms with Gasteiger partial charge in [-0.05, 0) is 0 Å². The molecule has 1 aliphatic rings. The van der Waals surface area contributed by atoms with E-state index in [0.717, 1.165) is 0 Å². The third kappa shape index (κ3) is 1.06. The zero-order chi connectivity index (χ0) is 7.07. The van der Waals surface area contributed by atoms with Gasteiger partial charge in [0.2, 0.25) is 0 Å². The van der Waals surface area contributed by atoms with E-state index >= 15 is 0 Å². The summed E-state index contributed by atoms with van der Waals surface area (Å²) in [6.07, 6.45) is 0. The van der Waals surface area contributed by atoms with Crippen molar-refractivity contribution in [2.24, 2.45) is 0 Å². The molecule has 0 spiro atoms. The lowest BCUT2D eigenvalue weighted by molar-refractivity contribution is 0.515. The summed E-state index contributed by atoms with van der Waals surface area (Å²) in [6, 6.07) is 0. The van der Waals surface area contributed by atoms with Gasteiger partial charge in [0.1, 0.15) is 0 Å². The maximum absolute atomic E-state index is 10.7. The first-order valence-electron chi connectivity index (χ1n) is 2.44. The number of hydrogen-bond acceptors (Lipinski definition) is 2. The summed E-state index contributed by atoms with van der Waals surface area (Å²) in [7, 11) is -1.69. The molecule has 0 aromatic heterocycles. The van der Waals surface area contributed by atoms with Gasteiger partial charge in [0.15, 0.2) is 0 Å². The summed E-state index contributed by atoms with van der Waals surface area (Å²) >= 11 is 0. The molecule has 1 rings (SSSR count). The first-order valence-corrected chi connectivity index (χ1v) is 3.88. The molecule has 52 valence electrons. The number of nitrogens with zero attached hydrogens (tertiary/aromatic N) is 1. The van der Waals surface area contributed by atoms with Crippen LogP contribution in [-0.4, -0.2) is 26.3 Å². The van der Waals surface area contributed by atoms with Crippen LogP contribution in [0.5, 0.6) is 0 Å². The number of likely N-dealkylation sites (N-methyl/N-ethyl adjacent to an activating group) is 1. The quantitative estimate of drug-likeness (QED) is 0.493. The van der Waals surface area contributed by atoms with Gasteiger partial charge >= 0.3 is 10.2 Å². The van der Waals surface area contributed by atoms with Crippen LogP contribution < -0.4 is 4.72 Å². The first-order chi connectivity index (χ1) is 4.02. The van der Waals surface area contributed by atoms with Crippen LogP contribution in [0.3, 0.4) is 0 Å². The second-order valence-corrected chi connectivity index (χ2v) is 3.74. The van der Waals surface area contributed by atoms with Crippen molar-refractivity contribution in [1.82, 2.24) is 9.03 Å². The van der Waals surface area contributed by atoms with Gasteiger partial charge in [0, 0.05) is 12.7 Å². The van der Waals surface area contributed by atoms with Gasteiger partial charge in [-0.3, -0.25) is 4.72 Å². The fourth-order valence-electron chi connectivity index (χ4n) is 0.646. The molecular weight excluding hydrogens is 140 g/mol. The van der Waals surface area contributed by atoms with Gasteiger partial charge in [-0.2, -0.15) is 12.7 Å². The molecule has 0 saturated carbocycles. The molecule has 0 radical (unpaired) electrons. The minimum atomic E-state index is -3.19. The lowest BCUT2D eigenvalue weighted by atomic mass is 10.5. The van der Waals surface area contributed by atoms with Crippen molar-refractivity contribution < 1.29 is 8.42 Å². The van der Waals surface area contributed by atoms with Gasteiger partial charge in [-0.1, -0.05) is 6.58 Å². The van der Waals surface area contributed by atoms with Gasteiger partial charge in [-0.15, -0.1) is 0 Å². The zero-order valence-electron chi connectivity index (χ0n) is 5.09. The smallest absolute Gasteiger partial charge is 0.274 e. The molecule has 0 aliphatic carbocycles. The lowest BCUT2D eigenvalue weighted by Crippen LogP contribution is -2.25. The van der Waals surface area contributed by atoms with Crippen molar-refractivity contribution in [3.63, 3.8) is 0 Å². The molecule has 0 aromatic rings. The summed E-state index contributed by atoms with van der Waals surface area (Å²) in [5.74, 6) is 0. The Kier molecular flexibility index (Phi) is 1.25. The Morgan fingerprint density at radius 3 is 2.44 bits per heavy atom. The van der Waals surface area contributed by atoms with Crippen molar-refractivity contribution >= 4 is 10.2 Å². The van der Waals surface area contributed by atoms with Crippen molar-refractivity contribution in [2.75, 3.05) is 13.6 Å². The molecule has 0 aromatic carbocycles. The van der Waals surface area contributed by atoms with Crippen LogP contribution in [0.15, 0.2) is 12.3 Å². The summed E-state index contributed by atoms with van der Waals surface area (Å²) < 4.78 is 24.9. The molecule has 1 N–H and O–H groups in total. The Morgan fingerprint density at radius 1 is 1.78 bits per heavy atom. The molecule has 0 unspecified atom stereocenters. The van der Waals surface area contributed by atoms with Crippen molar-refractivity contribution in [3.8, 4) is 0 Å². The Balaban J connectivity index is 2.95. The summed E-state index contributed by atoms with van der Waals surface area (Å²) in [5.41, 5.74) is 0.525. The van der Waals surface area contributed by atoms with Crippen LogP contribution in [0.25, 0.3) is 0 Å². The highest BCUT2D eigenvalue weighted by molar-refractivity contribution is 7.87. The number of hydrogen-bond donors (Lipinski definition) is 1. The van der Waals surface area contributed by atoms with Crippen LogP contribution in [0.1, 0.15) is 0 Å². The minimum Gasteiger partial charge on any atom is -0.274 e. The SMILES string of the molecule is C=C1CN(C)S(=O)(=O)N1. The monoisotopic (exact) mass is 148 g/mol. The normalized spacial score (nSPS) is 26.1. The zero-order valence-corrected chi connectivity index (χ0v) is 5.90. The fourth-order valence-corrected chi connectivity index (χ4v) is 1.56. The van der Waals surface area contributed by atoms with E-state index in [1.807, 2.05) is 0 Å². The molecule has 1 saturated heterocycles. The van der Waals surface area contributed by atoms with E-state index in [1.54, 1.807) is 0 Å². The van der Waals surface area contributed by atoms with Crippen LogP contribution in [0, 0.1) is 0 Å². The maximum atomic E-state index is 10.7. The van der Waals surface area contributed by atoms with E-state index in [2.05, 4.69) is 11.3 Å². The van der Waals surface area contributed by atoms with Crippen molar-refractivity contribution in [2.45, 2.75) is 0 Å². The first kappa shape index (κ1) is 6.57. The molecular formula is C4H8N2O2S. The summed E-state index contributed by atoms with van der Waals surface area (Å²) in [5, 5.41) is 0. The predicted octanol–water partition coefficient (Wildman–Crippen LogP) is -0.720. The molecule has 0 amide bonds. The Morgan fingerprint density at radius 2 is 2.33 bits per heavy atom. The molecule has 5 heteroatoms. The second kappa shape index (κ2) is 1.71. The van der Waals surface area contributed by atoms with Gasteiger partial charge in [-0.25, -0.2) is 0 Å². The summed E-state index contributed by atoms with van der Waals surface area (Å²) in [4.78, 5) is 0. The molecule has 1 heterocycles. The Hall–Kier alpha value is -0.550. The van der Waals surface area contributed by atoms with Crippen LogP contribution in [0.2, 0.25) is 0 Å². The van der Waals surface area contributed by atoms with Crippen molar-refractivity contribution in [1.29, 1.82) is 0 Å². The van der Waals surface area contributed by atoms with Crippen molar-refractivity contribution in [3.05, 3.63) is 12.3 Å². The Labute approximate surface area is 54.3 Å². The molecule has 1 fully saturated rings. The standard InChI is InChI=1S/C4H8N2O2S/c1-4-3-6(2)9(7,8)5-4/h5H,1,3H2,2H3. The van der Waals surface area contributed by atoms with Crippen LogP contribution in [0.4, 0.5) is 0 Å². The summed E-state index contributed by atoms with van der Waals surface area (Å²) in [6.45, 7) is 3.85. The van der Waals surface area contributed by atoms with E-state index in [1.165, 1.54) is 11.4 Å². The topological polar surface area (TPSA) is 49.4 Å². The molecule has 0 bridgehead atoms. The fraction of sp³-hybridized carbons (Fsp3) is 0.500. The molecule has 1 aliphatic heterocycles. The third-order valence-electron chi connectivity index (χ3n) is 1.10. The number of rotatable bonds is 0. The van der Waals surface area contributed by atoms with Gasteiger partial charge in [0.05, 0.1) is 6.54 Å². The van der Waals surface area contributed by atoms with E-state index in [4.69, 9.17) is 0 Å². The van der Waals surface area contributed by atoms with E-state index in [0.29, 0.717) is 12.2 Å². The maximum Gasteiger partial charge on any atom is 0.301 e. The van der Waals surface area contributed by atoms with Crippen LogP contribution >= 0.6 is 0 Å². The highest BCUT2D eigenvalue weighted by Gasteiger charge is 2.25. The van der Waals surface area contributed by atoms with Gasteiger partial charge < -0.3 is 0 Å². The predicted molar refractivity (Wildman–Crippen MR) is 33.8 cm³/mol. The molecule has 0 atom stereocenters. The van der Waals surface area contributed by atoms with Crippen LogP contribution in [-0.2, 0) is 10.2 Å². The highest BCUT2D eigenvalue weighted by atomic mass is 32.2. The molecule has 4 nitrogen and oxygen atoms in total. The van der Waals surface area contributed by atoms with Gasteiger partial charge in [0.25, 0.3) is 0 Å². The largest absolute Gasteiger partial charge is 0.301 e. The van der Waals surface area contributed by atoms with E-state index < -0.39 is 10.2 Å². The molecule has 9 heavy (non-hydrogen) atoms. The second-order valence-electron chi connectivity index (χ2n) is 1.97. The Bertz CT molecular complexity index is 231. The van der Waals surface area contributed by atoms with E-state index in [9.17, 15) is 8.42 Å². The average molecular weight is 148 g/mol. The third-order valence-corrected chi connectivity index (χ3v) is 2.59. The number of nitrogens with one attached hydrogen (secondary N) is 1.